The van der Waals surface area contributed by atoms with Crippen molar-refractivity contribution in [3.05, 3.63) is 46.7 Å². The zero-order valence-corrected chi connectivity index (χ0v) is 12.5. The lowest BCUT2D eigenvalue weighted by Crippen LogP contribution is -2.28. The maximum Gasteiger partial charge on any atom is 0.273 e. The summed E-state index contributed by atoms with van der Waals surface area (Å²) in [5.41, 5.74) is 1.15. The molecule has 1 aromatic heterocycles. The van der Waals surface area contributed by atoms with Crippen LogP contribution in [0.1, 0.15) is 28.4 Å². The first-order chi connectivity index (χ1) is 10.2. The summed E-state index contributed by atoms with van der Waals surface area (Å²) in [5.74, 6) is -0.202. The maximum absolute atomic E-state index is 13.8. The average Bonchev–Trinajstić information content (AvgIpc) is 3.16. The Hall–Kier alpha value is -1.95. The van der Waals surface area contributed by atoms with Crippen LogP contribution in [0.4, 0.5) is 9.52 Å². The molecule has 0 spiro atoms. The highest BCUT2D eigenvalue weighted by atomic mass is 32.1. The quantitative estimate of drug-likeness (QED) is 0.948. The van der Waals surface area contributed by atoms with E-state index in [1.165, 1.54) is 17.4 Å². The molecule has 1 saturated heterocycles. The monoisotopic (exact) mass is 305 g/mol. The third-order valence-electron chi connectivity index (χ3n) is 3.76. The minimum absolute atomic E-state index is 0.0672. The number of amides is 1. The molecule has 1 atom stereocenters. The Kier molecular flexibility index (Phi) is 3.88. The zero-order chi connectivity index (χ0) is 14.8. The van der Waals surface area contributed by atoms with E-state index in [1.54, 1.807) is 29.5 Å². The fourth-order valence-corrected chi connectivity index (χ4v) is 3.30. The predicted molar refractivity (Wildman–Crippen MR) is 81.3 cm³/mol. The average molecular weight is 305 g/mol. The number of hydrogen-bond acceptors (Lipinski definition) is 4. The maximum atomic E-state index is 13.8. The molecular weight excluding hydrogens is 289 g/mol. The molecule has 4 nitrogen and oxygen atoms in total. The molecule has 0 radical (unpaired) electrons. The molecule has 6 heteroatoms. The van der Waals surface area contributed by atoms with Gasteiger partial charge in [0.1, 0.15) is 11.5 Å². The zero-order valence-electron chi connectivity index (χ0n) is 11.7. The van der Waals surface area contributed by atoms with Crippen molar-refractivity contribution in [2.75, 3.05) is 25.5 Å². The van der Waals surface area contributed by atoms with Crippen molar-refractivity contribution in [1.82, 2.24) is 9.88 Å². The van der Waals surface area contributed by atoms with Crippen LogP contribution in [0.5, 0.6) is 0 Å². The van der Waals surface area contributed by atoms with Gasteiger partial charge in [-0.3, -0.25) is 4.79 Å². The van der Waals surface area contributed by atoms with E-state index in [0.29, 0.717) is 24.3 Å². The number of carbonyl (C=O) groups excluding carboxylic acids is 1. The van der Waals surface area contributed by atoms with E-state index in [4.69, 9.17) is 0 Å². The van der Waals surface area contributed by atoms with Crippen LogP contribution in [0, 0.1) is 5.82 Å². The number of thiazole rings is 1. The molecule has 3 rings (SSSR count). The summed E-state index contributed by atoms with van der Waals surface area (Å²) < 4.78 is 13.8. The molecule has 0 unspecified atom stereocenters. The number of nitrogens with one attached hydrogen (secondary N) is 1. The van der Waals surface area contributed by atoms with Gasteiger partial charge in [0.05, 0.1) is 0 Å². The summed E-state index contributed by atoms with van der Waals surface area (Å²) in [6.45, 7) is 1.19. The van der Waals surface area contributed by atoms with E-state index >= 15 is 0 Å². The summed E-state index contributed by atoms with van der Waals surface area (Å²) >= 11 is 1.41. The second kappa shape index (κ2) is 5.81. The lowest BCUT2D eigenvalue weighted by molar-refractivity contribution is 0.0785. The number of benzene rings is 1. The Morgan fingerprint density at radius 2 is 2.29 bits per heavy atom. The van der Waals surface area contributed by atoms with Gasteiger partial charge in [-0.15, -0.1) is 11.3 Å². The van der Waals surface area contributed by atoms with Crippen molar-refractivity contribution in [2.24, 2.45) is 0 Å². The van der Waals surface area contributed by atoms with Crippen molar-refractivity contribution < 1.29 is 9.18 Å². The molecule has 1 aromatic carbocycles. The minimum Gasteiger partial charge on any atom is -0.365 e. The van der Waals surface area contributed by atoms with Crippen LogP contribution in [0.25, 0.3) is 0 Å². The molecule has 1 aliphatic heterocycles. The molecule has 1 aliphatic rings. The first-order valence-corrected chi connectivity index (χ1v) is 7.74. The van der Waals surface area contributed by atoms with Crippen LogP contribution in [-0.2, 0) is 0 Å². The fraction of sp³-hybridized carbons (Fsp3) is 0.333. The SMILES string of the molecule is CNc1nc(C(=O)N2CC[C@@H](c3ccccc3F)C2)cs1. The largest absolute Gasteiger partial charge is 0.365 e. The summed E-state index contributed by atoms with van der Waals surface area (Å²) in [7, 11) is 1.77. The van der Waals surface area contributed by atoms with Crippen LogP contribution in [0.15, 0.2) is 29.6 Å². The number of aromatic nitrogens is 1. The Labute approximate surface area is 126 Å². The van der Waals surface area contributed by atoms with Crippen LogP contribution in [0.2, 0.25) is 0 Å². The lowest BCUT2D eigenvalue weighted by Gasteiger charge is -2.15. The van der Waals surface area contributed by atoms with Gasteiger partial charge in [0.15, 0.2) is 5.13 Å². The van der Waals surface area contributed by atoms with Gasteiger partial charge in [-0.2, -0.15) is 0 Å². The smallest absolute Gasteiger partial charge is 0.273 e. The van der Waals surface area contributed by atoms with Crippen molar-refractivity contribution in [3.63, 3.8) is 0 Å². The second-order valence-corrected chi connectivity index (χ2v) is 5.90. The van der Waals surface area contributed by atoms with E-state index in [1.807, 2.05) is 6.07 Å². The number of nitrogens with zero attached hydrogens (tertiary/aromatic N) is 2. The Balaban J connectivity index is 1.72. The predicted octanol–water partition coefficient (Wildman–Crippen LogP) is 2.95. The molecule has 110 valence electrons. The number of rotatable bonds is 3. The lowest BCUT2D eigenvalue weighted by atomic mass is 9.98. The van der Waals surface area contributed by atoms with Crippen molar-refractivity contribution in [2.45, 2.75) is 12.3 Å². The van der Waals surface area contributed by atoms with Crippen molar-refractivity contribution in [1.29, 1.82) is 0 Å². The van der Waals surface area contributed by atoms with Crippen LogP contribution < -0.4 is 5.32 Å². The molecule has 2 aromatic rings. The number of anilines is 1. The van der Waals surface area contributed by atoms with Gasteiger partial charge in [0.2, 0.25) is 0 Å². The summed E-state index contributed by atoms with van der Waals surface area (Å²) in [4.78, 5) is 18.4. The molecule has 1 amide bonds. The molecule has 0 bridgehead atoms. The van der Waals surface area contributed by atoms with Crippen molar-refractivity contribution >= 4 is 22.4 Å². The van der Waals surface area contributed by atoms with E-state index in [0.717, 1.165) is 11.6 Å². The molecule has 2 heterocycles. The third-order valence-corrected chi connectivity index (χ3v) is 4.62. The van der Waals surface area contributed by atoms with Crippen LogP contribution in [0.3, 0.4) is 0 Å². The number of carbonyl (C=O) groups is 1. The summed E-state index contributed by atoms with van der Waals surface area (Å²) in [6, 6.07) is 6.79. The van der Waals surface area contributed by atoms with Gasteiger partial charge in [-0.1, -0.05) is 18.2 Å². The fourth-order valence-electron chi connectivity index (χ4n) is 2.65. The number of likely N-dealkylation sites (tertiary alicyclic amines) is 1. The number of halogens is 1. The van der Waals surface area contributed by atoms with E-state index < -0.39 is 0 Å². The normalized spacial score (nSPS) is 18.0. The minimum atomic E-state index is -0.192. The molecule has 0 saturated carbocycles. The van der Waals surface area contributed by atoms with Gasteiger partial charge < -0.3 is 10.2 Å². The van der Waals surface area contributed by atoms with Gasteiger partial charge in [-0.25, -0.2) is 9.37 Å². The molecular formula is C15H16FN3OS. The molecule has 1 N–H and O–H groups in total. The van der Waals surface area contributed by atoms with Crippen LogP contribution in [-0.4, -0.2) is 35.9 Å². The highest BCUT2D eigenvalue weighted by Gasteiger charge is 2.30. The van der Waals surface area contributed by atoms with E-state index in [2.05, 4.69) is 10.3 Å². The second-order valence-electron chi connectivity index (χ2n) is 5.05. The highest BCUT2D eigenvalue weighted by molar-refractivity contribution is 7.13. The van der Waals surface area contributed by atoms with E-state index in [9.17, 15) is 9.18 Å². The molecule has 21 heavy (non-hydrogen) atoms. The van der Waals surface area contributed by atoms with Crippen molar-refractivity contribution in [3.8, 4) is 0 Å². The Bertz CT molecular complexity index is 658. The topological polar surface area (TPSA) is 45.2 Å². The first-order valence-electron chi connectivity index (χ1n) is 6.86. The first kappa shape index (κ1) is 14.0. The third kappa shape index (κ3) is 2.76. The Morgan fingerprint density at radius 1 is 1.48 bits per heavy atom. The summed E-state index contributed by atoms with van der Waals surface area (Å²) in [5, 5.41) is 5.40. The van der Waals surface area contributed by atoms with Gasteiger partial charge in [0.25, 0.3) is 5.91 Å². The standard InChI is InChI=1S/C15H16FN3OS/c1-17-15-18-13(9-21-15)14(20)19-7-6-10(8-19)11-4-2-3-5-12(11)16/h2-5,9-10H,6-8H2,1H3,(H,17,18)/t10-/m1/s1. The van der Waals surface area contributed by atoms with Crippen LogP contribution >= 0.6 is 11.3 Å². The van der Waals surface area contributed by atoms with Gasteiger partial charge in [0, 0.05) is 31.4 Å². The molecule has 0 aliphatic carbocycles. The highest BCUT2D eigenvalue weighted by Crippen LogP contribution is 2.30. The van der Waals surface area contributed by atoms with E-state index in [-0.39, 0.29) is 17.6 Å². The molecule has 1 fully saturated rings. The Morgan fingerprint density at radius 3 is 3.00 bits per heavy atom. The van der Waals surface area contributed by atoms with Gasteiger partial charge >= 0.3 is 0 Å². The van der Waals surface area contributed by atoms with Gasteiger partial charge in [-0.05, 0) is 18.1 Å². The number of hydrogen-bond donors (Lipinski definition) is 1. The summed E-state index contributed by atoms with van der Waals surface area (Å²) in [6.07, 6.45) is 0.787.